The Kier molecular flexibility index (Phi) is 5.81. The number of amides is 3. The standard InChI is InChI=1S/C18H14N2O6S2/c1-25-12-7-10(4-5-11(12)26-17(23)13-3-2-6-27-13)8-14-16(22)20(9-15(19)21)18(24)28-14/h2-8H,9H2,1H3,(H2,19,21)/b14-8-. The lowest BCUT2D eigenvalue weighted by Gasteiger charge is -2.10. The number of carbonyl (C=O) groups is 4. The van der Waals surface area contributed by atoms with Gasteiger partial charge in [0.25, 0.3) is 11.1 Å². The Hall–Kier alpha value is -3.11. The summed E-state index contributed by atoms with van der Waals surface area (Å²) in [6.45, 7) is -0.469. The molecule has 0 saturated carbocycles. The Bertz CT molecular complexity index is 984. The van der Waals surface area contributed by atoms with Crippen LogP contribution >= 0.6 is 23.1 Å². The van der Waals surface area contributed by atoms with E-state index in [1.165, 1.54) is 30.6 Å². The molecule has 10 heteroatoms. The first-order valence-corrected chi connectivity index (χ1v) is 9.56. The number of esters is 1. The van der Waals surface area contributed by atoms with Crippen LogP contribution in [0.25, 0.3) is 6.08 Å². The van der Waals surface area contributed by atoms with Crippen molar-refractivity contribution in [3.63, 3.8) is 0 Å². The number of nitrogens with two attached hydrogens (primary N) is 1. The molecule has 8 nitrogen and oxygen atoms in total. The van der Waals surface area contributed by atoms with Gasteiger partial charge in [0.15, 0.2) is 11.5 Å². The van der Waals surface area contributed by atoms with Gasteiger partial charge in [-0.2, -0.15) is 0 Å². The Labute approximate surface area is 167 Å². The number of ether oxygens (including phenoxy) is 2. The fourth-order valence-corrected chi connectivity index (χ4v) is 3.78. The lowest BCUT2D eigenvalue weighted by Crippen LogP contribution is -2.36. The van der Waals surface area contributed by atoms with Crippen molar-refractivity contribution in [3.05, 3.63) is 51.1 Å². The molecule has 1 fully saturated rings. The molecule has 1 saturated heterocycles. The lowest BCUT2D eigenvalue weighted by atomic mass is 10.2. The minimum absolute atomic E-state index is 0.150. The number of hydrogen-bond donors (Lipinski definition) is 1. The van der Waals surface area contributed by atoms with Crippen molar-refractivity contribution < 1.29 is 28.7 Å². The number of imide groups is 1. The summed E-state index contributed by atoms with van der Waals surface area (Å²) in [4.78, 5) is 48.6. The first-order valence-electron chi connectivity index (χ1n) is 7.86. The van der Waals surface area contributed by atoms with Gasteiger partial charge in [-0.3, -0.25) is 19.3 Å². The van der Waals surface area contributed by atoms with Crippen molar-refractivity contribution in [2.45, 2.75) is 0 Å². The zero-order valence-corrected chi connectivity index (χ0v) is 16.2. The summed E-state index contributed by atoms with van der Waals surface area (Å²) >= 11 is 1.97. The van der Waals surface area contributed by atoms with Gasteiger partial charge in [0.05, 0.1) is 12.0 Å². The van der Waals surface area contributed by atoms with Crippen LogP contribution < -0.4 is 15.2 Å². The summed E-state index contributed by atoms with van der Waals surface area (Å²) in [5.74, 6) is -1.37. The van der Waals surface area contributed by atoms with Crippen LogP contribution in [-0.4, -0.2) is 41.6 Å². The zero-order chi connectivity index (χ0) is 20.3. The average molecular weight is 418 g/mol. The molecule has 1 aromatic heterocycles. The average Bonchev–Trinajstić information content (AvgIpc) is 3.28. The van der Waals surface area contributed by atoms with Crippen LogP contribution in [0.2, 0.25) is 0 Å². The molecule has 0 atom stereocenters. The molecule has 0 bridgehead atoms. The third-order valence-corrected chi connectivity index (χ3v) is 5.36. The summed E-state index contributed by atoms with van der Waals surface area (Å²) in [6, 6.07) is 8.10. The second-order valence-corrected chi connectivity index (χ2v) is 7.45. The van der Waals surface area contributed by atoms with Gasteiger partial charge in [0, 0.05) is 0 Å². The van der Waals surface area contributed by atoms with Crippen molar-refractivity contribution in [2.24, 2.45) is 5.73 Å². The van der Waals surface area contributed by atoms with E-state index in [2.05, 4.69) is 0 Å². The van der Waals surface area contributed by atoms with Gasteiger partial charge < -0.3 is 15.2 Å². The summed E-state index contributed by atoms with van der Waals surface area (Å²) in [5.41, 5.74) is 5.61. The minimum atomic E-state index is -0.776. The molecule has 3 rings (SSSR count). The Balaban J connectivity index is 1.81. The molecular formula is C18H14N2O6S2. The number of carbonyl (C=O) groups excluding carboxylic acids is 4. The summed E-state index contributed by atoms with van der Waals surface area (Å²) in [7, 11) is 1.42. The topological polar surface area (TPSA) is 116 Å². The molecule has 2 heterocycles. The quantitative estimate of drug-likeness (QED) is 0.435. The van der Waals surface area contributed by atoms with Gasteiger partial charge in [-0.05, 0) is 47.0 Å². The number of nitrogens with zero attached hydrogens (tertiary/aromatic N) is 1. The van der Waals surface area contributed by atoms with Crippen LogP contribution in [0.15, 0.2) is 40.6 Å². The number of methoxy groups -OCH3 is 1. The van der Waals surface area contributed by atoms with E-state index in [-0.39, 0.29) is 16.4 Å². The van der Waals surface area contributed by atoms with E-state index >= 15 is 0 Å². The SMILES string of the molecule is COc1cc(/C=C2\SC(=O)N(CC(N)=O)C2=O)ccc1OC(=O)c1cccs1. The van der Waals surface area contributed by atoms with Gasteiger partial charge >= 0.3 is 5.97 Å². The zero-order valence-electron chi connectivity index (χ0n) is 14.5. The lowest BCUT2D eigenvalue weighted by molar-refractivity contribution is -0.127. The number of thioether (sulfide) groups is 1. The van der Waals surface area contributed by atoms with E-state index < -0.39 is 29.6 Å². The third kappa shape index (κ3) is 4.24. The predicted octanol–water partition coefficient (Wildman–Crippen LogP) is 2.50. The highest BCUT2D eigenvalue weighted by Crippen LogP contribution is 2.34. The predicted molar refractivity (Wildman–Crippen MR) is 104 cm³/mol. The fourth-order valence-electron chi connectivity index (χ4n) is 2.35. The molecule has 28 heavy (non-hydrogen) atoms. The van der Waals surface area contributed by atoms with E-state index in [4.69, 9.17) is 15.2 Å². The maximum atomic E-state index is 12.3. The molecule has 3 amide bonds. The fraction of sp³-hybridized carbons (Fsp3) is 0.111. The maximum absolute atomic E-state index is 12.3. The van der Waals surface area contributed by atoms with Crippen LogP contribution in [0.5, 0.6) is 11.5 Å². The summed E-state index contributed by atoms with van der Waals surface area (Å²) in [5, 5.41) is 1.20. The minimum Gasteiger partial charge on any atom is -0.493 e. The van der Waals surface area contributed by atoms with Crippen molar-refractivity contribution in [3.8, 4) is 11.5 Å². The molecule has 1 aliphatic heterocycles. The van der Waals surface area contributed by atoms with Crippen LogP contribution in [0, 0.1) is 0 Å². The van der Waals surface area contributed by atoms with Crippen molar-refractivity contribution in [1.29, 1.82) is 0 Å². The molecule has 0 unspecified atom stereocenters. The molecular weight excluding hydrogens is 404 g/mol. The van der Waals surface area contributed by atoms with Crippen LogP contribution in [0.4, 0.5) is 4.79 Å². The number of benzene rings is 1. The van der Waals surface area contributed by atoms with E-state index in [0.29, 0.717) is 22.2 Å². The Morgan fingerprint density at radius 1 is 1.21 bits per heavy atom. The highest BCUT2D eigenvalue weighted by Gasteiger charge is 2.35. The van der Waals surface area contributed by atoms with Crippen LogP contribution in [-0.2, 0) is 9.59 Å². The van der Waals surface area contributed by atoms with Gasteiger partial charge in [0.1, 0.15) is 11.4 Å². The second-order valence-electron chi connectivity index (χ2n) is 5.51. The van der Waals surface area contributed by atoms with Gasteiger partial charge in [0.2, 0.25) is 5.91 Å². The highest BCUT2D eigenvalue weighted by molar-refractivity contribution is 8.18. The number of hydrogen-bond acceptors (Lipinski definition) is 8. The van der Waals surface area contributed by atoms with Crippen LogP contribution in [0.3, 0.4) is 0 Å². The van der Waals surface area contributed by atoms with E-state index in [1.807, 2.05) is 0 Å². The summed E-state index contributed by atoms with van der Waals surface area (Å²) in [6.07, 6.45) is 1.49. The molecule has 0 spiro atoms. The van der Waals surface area contributed by atoms with Crippen molar-refractivity contribution in [2.75, 3.05) is 13.7 Å². The van der Waals surface area contributed by atoms with Crippen LogP contribution in [0.1, 0.15) is 15.2 Å². The van der Waals surface area contributed by atoms with Crippen molar-refractivity contribution in [1.82, 2.24) is 4.90 Å². The van der Waals surface area contributed by atoms with Gasteiger partial charge in [-0.25, -0.2) is 4.79 Å². The van der Waals surface area contributed by atoms with Gasteiger partial charge in [-0.15, -0.1) is 11.3 Å². The highest BCUT2D eigenvalue weighted by atomic mass is 32.2. The largest absolute Gasteiger partial charge is 0.493 e. The smallest absolute Gasteiger partial charge is 0.353 e. The maximum Gasteiger partial charge on any atom is 0.353 e. The third-order valence-electron chi connectivity index (χ3n) is 3.60. The molecule has 1 aromatic carbocycles. The normalized spacial score (nSPS) is 15.2. The van der Waals surface area contributed by atoms with E-state index in [9.17, 15) is 19.2 Å². The Morgan fingerprint density at radius 2 is 2.00 bits per heavy atom. The molecule has 2 aromatic rings. The van der Waals surface area contributed by atoms with Gasteiger partial charge in [-0.1, -0.05) is 12.1 Å². The van der Waals surface area contributed by atoms with E-state index in [0.717, 1.165) is 4.90 Å². The molecule has 0 radical (unpaired) electrons. The first-order chi connectivity index (χ1) is 13.4. The van der Waals surface area contributed by atoms with E-state index in [1.54, 1.807) is 29.6 Å². The Morgan fingerprint density at radius 3 is 2.64 bits per heavy atom. The second kappa shape index (κ2) is 8.28. The molecule has 144 valence electrons. The molecule has 1 aliphatic rings. The monoisotopic (exact) mass is 418 g/mol. The number of primary amides is 1. The molecule has 2 N–H and O–H groups in total. The molecule has 0 aliphatic carbocycles. The number of thiophene rings is 1. The summed E-state index contributed by atoms with van der Waals surface area (Å²) < 4.78 is 10.6. The number of rotatable bonds is 6. The van der Waals surface area contributed by atoms with Crippen molar-refractivity contribution >= 4 is 52.2 Å². The first kappa shape index (κ1) is 19.6.